The Bertz CT molecular complexity index is 304. The van der Waals surface area contributed by atoms with E-state index in [1.54, 1.807) is 6.07 Å². The molecule has 0 aliphatic heterocycles. The molecule has 3 nitrogen and oxygen atoms in total. The van der Waals surface area contributed by atoms with Gasteiger partial charge in [-0.25, -0.2) is 4.98 Å². The van der Waals surface area contributed by atoms with Gasteiger partial charge < -0.3 is 5.73 Å². The quantitative estimate of drug-likeness (QED) is 0.710. The number of aryl methyl sites for hydroxylation is 1. The fourth-order valence-corrected chi connectivity index (χ4v) is 1.39. The monoisotopic (exact) mass is 211 g/mol. The third-order valence-electron chi connectivity index (χ3n) is 1.24. The lowest BCUT2D eigenvalue weighted by atomic mass is 10.2. The lowest BCUT2D eigenvalue weighted by Crippen LogP contribution is -1.97. The van der Waals surface area contributed by atoms with E-state index in [2.05, 4.69) is 20.9 Å². The smallest absolute Gasteiger partial charge is 0.142 e. The van der Waals surface area contributed by atoms with E-state index >= 15 is 0 Å². The van der Waals surface area contributed by atoms with E-state index in [1.165, 1.54) is 0 Å². The molecule has 0 aliphatic rings. The van der Waals surface area contributed by atoms with Crippen LogP contribution in [0.15, 0.2) is 10.5 Å². The molecule has 1 rings (SSSR count). The summed E-state index contributed by atoms with van der Waals surface area (Å²) in [6, 6.07) is 3.72. The average Bonchev–Trinajstić information content (AvgIpc) is 1.85. The van der Waals surface area contributed by atoms with Gasteiger partial charge in [-0.3, -0.25) is 0 Å². The molecule has 0 saturated carbocycles. The number of nitrogens with two attached hydrogens (primary N) is 1. The molecule has 2 N–H and O–H groups in total. The highest BCUT2D eigenvalue weighted by atomic mass is 79.9. The number of hydrogen-bond donors (Lipinski definition) is 1. The Kier molecular flexibility index (Phi) is 2.11. The van der Waals surface area contributed by atoms with E-state index in [4.69, 9.17) is 11.0 Å². The van der Waals surface area contributed by atoms with Crippen molar-refractivity contribution in [1.82, 2.24) is 4.98 Å². The number of anilines is 1. The first-order chi connectivity index (χ1) is 5.15. The SMILES string of the molecule is Cc1cc(Br)c(C#N)c(N)n1. The highest BCUT2D eigenvalue weighted by molar-refractivity contribution is 9.10. The Labute approximate surface area is 73.0 Å². The Morgan fingerprint density at radius 2 is 2.36 bits per heavy atom. The Morgan fingerprint density at radius 3 is 2.82 bits per heavy atom. The van der Waals surface area contributed by atoms with Crippen LogP contribution in [0.3, 0.4) is 0 Å². The average molecular weight is 212 g/mol. The molecule has 0 unspecified atom stereocenters. The Morgan fingerprint density at radius 1 is 1.73 bits per heavy atom. The molecule has 1 aromatic rings. The van der Waals surface area contributed by atoms with Crippen LogP contribution in [0.1, 0.15) is 11.3 Å². The van der Waals surface area contributed by atoms with Crippen LogP contribution in [0, 0.1) is 18.3 Å². The van der Waals surface area contributed by atoms with Gasteiger partial charge >= 0.3 is 0 Å². The molecule has 0 saturated heterocycles. The predicted molar refractivity (Wildman–Crippen MR) is 45.8 cm³/mol. The molecule has 1 heterocycles. The highest BCUT2D eigenvalue weighted by Gasteiger charge is 2.04. The molecule has 11 heavy (non-hydrogen) atoms. The number of pyridine rings is 1. The van der Waals surface area contributed by atoms with Crippen molar-refractivity contribution in [1.29, 1.82) is 5.26 Å². The molecule has 0 atom stereocenters. The zero-order valence-electron chi connectivity index (χ0n) is 5.93. The van der Waals surface area contributed by atoms with Crippen LogP contribution in [0.25, 0.3) is 0 Å². The lowest BCUT2D eigenvalue weighted by molar-refractivity contribution is 1.19. The van der Waals surface area contributed by atoms with E-state index < -0.39 is 0 Å². The molecule has 0 bridgehead atoms. The Balaban J connectivity index is 3.40. The molecule has 0 fully saturated rings. The first-order valence-corrected chi connectivity index (χ1v) is 3.77. The van der Waals surface area contributed by atoms with Crippen molar-refractivity contribution in [2.45, 2.75) is 6.92 Å². The zero-order chi connectivity index (χ0) is 8.43. The van der Waals surface area contributed by atoms with Gasteiger partial charge in [-0.05, 0) is 28.9 Å². The second kappa shape index (κ2) is 2.89. The van der Waals surface area contributed by atoms with Crippen molar-refractivity contribution >= 4 is 21.7 Å². The van der Waals surface area contributed by atoms with Gasteiger partial charge in [0.05, 0.1) is 0 Å². The van der Waals surface area contributed by atoms with Crippen molar-refractivity contribution in [3.63, 3.8) is 0 Å². The molecule has 0 amide bonds. The summed E-state index contributed by atoms with van der Waals surface area (Å²) in [5.74, 6) is 0.277. The van der Waals surface area contributed by atoms with Gasteiger partial charge in [0.15, 0.2) is 0 Å². The summed E-state index contributed by atoms with van der Waals surface area (Å²) in [6.45, 7) is 1.82. The number of rotatable bonds is 0. The second-order valence-electron chi connectivity index (χ2n) is 2.12. The zero-order valence-corrected chi connectivity index (χ0v) is 7.51. The maximum atomic E-state index is 8.59. The van der Waals surface area contributed by atoms with Gasteiger partial charge in [-0.15, -0.1) is 0 Å². The maximum absolute atomic E-state index is 8.59. The second-order valence-corrected chi connectivity index (χ2v) is 2.97. The summed E-state index contributed by atoms with van der Waals surface area (Å²) in [5, 5.41) is 8.59. The molecule has 0 aliphatic carbocycles. The first-order valence-electron chi connectivity index (χ1n) is 2.98. The number of aromatic nitrogens is 1. The van der Waals surface area contributed by atoms with Gasteiger partial charge in [0.25, 0.3) is 0 Å². The van der Waals surface area contributed by atoms with Crippen LogP contribution in [-0.2, 0) is 0 Å². The van der Waals surface area contributed by atoms with Gasteiger partial charge in [0.1, 0.15) is 17.5 Å². The molecular weight excluding hydrogens is 206 g/mol. The molecule has 0 spiro atoms. The minimum atomic E-state index is 0.277. The third-order valence-corrected chi connectivity index (χ3v) is 1.86. The summed E-state index contributed by atoms with van der Waals surface area (Å²) in [7, 11) is 0. The molecule has 0 aromatic carbocycles. The van der Waals surface area contributed by atoms with E-state index in [-0.39, 0.29) is 5.82 Å². The molecule has 4 heteroatoms. The van der Waals surface area contributed by atoms with Crippen LogP contribution < -0.4 is 5.73 Å². The Hall–Kier alpha value is -1.08. The molecule has 1 aromatic heterocycles. The summed E-state index contributed by atoms with van der Waals surface area (Å²) in [4.78, 5) is 3.93. The highest BCUT2D eigenvalue weighted by Crippen LogP contribution is 2.20. The summed E-state index contributed by atoms with van der Waals surface area (Å²) in [6.07, 6.45) is 0. The molecular formula is C7H6BrN3. The van der Waals surface area contributed by atoms with Crippen molar-refractivity contribution < 1.29 is 0 Å². The normalized spacial score (nSPS) is 9.18. The molecule has 0 radical (unpaired) electrons. The van der Waals surface area contributed by atoms with Crippen molar-refractivity contribution in [2.24, 2.45) is 0 Å². The van der Waals surface area contributed by atoms with Crippen LogP contribution in [0.4, 0.5) is 5.82 Å². The topological polar surface area (TPSA) is 62.7 Å². The summed E-state index contributed by atoms with van der Waals surface area (Å²) in [5.41, 5.74) is 6.67. The van der Waals surface area contributed by atoms with Crippen molar-refractivity contribution in [3.05, 3.63) is 21.8 Å². The van der Waals surface area contributed by atoms with Crippen LogP contribution in [0.5, 0.6) is 0 Å². The minimum Gasteiger partial charge on any atom is -0.383 e. The number of nitrogen functional groups attached to an aromatic ring is 1. The van der Waals surface area contributed by atoms with Gasteiger partial charge in [-0.2, -0.15) is 5.26 Å². The number of hydrogen-bond acceptors (Lipinski definition) is 3. The number of halogens is 1. The van der Waals surface area contributed by atoms with Gasteiger partial charge in [0.2, 0.25) is 0 Å². The van der Waals surface area contributed by atoms with E-state index in [0.717, 1.165) is 5.69 Å². The van der Waals surface area contributed by atoms with Crippen molar-refractivity contribution in [3.8, 4) is 6.07 Å². The minimum absolute atomic E-state index is 0.277. The first kappa shape index (κ1) is 8.02. The van der Waals surface area contributed by atoms with E-state index in [9.17, 15) is 0 Å². The fraction of sp³-hybridized carbons (Fsp3) is 0.143. The van der Waals surface area contributed by atoms with Gasteiger partial charge in [0, 0.05) is 10.2 Å². The maximum Gasteiger partial charge on any atom is 0.142 e. The molecule has 56 valence electrons. The van der Waals surface area contributed by atoms with E-state index in [1.807, 2.05) is 13.0 Å². The van der Waals surface area contributed by atoms with Crippen LogP contribution in [-0.4, -0.2) is 4.98 Å². The van der Waals surface area contributed by atoms with E-state index in [0.29, 0.717) is 10.0 Å². The standard InChI is InChI=1S/C7H6BrN3/c1-4-2-6(8)5(3-9)7(10)11-4/h2H,1H3,(H2,10,11). The third kappa shape index (κ3) is 1.49. The number of nitrogens with zero attached hydrogens (tertiary/aromatic N) is 2. The largest absolute Gasteiger partial charge is 0.383 e. The van der Waals surface area contributed by atoms with Gasteiger partial charge in [-0.1, -0.05) is 0 Å². The lowest BCUT2D eigenvalue weighted by Gasteiger charge is -1.99. The predicted octanol–water partition coefficient (Wildman–Crippen LogP) is 1.61. The van der Waals surface area contributed by atoms with Crippen LogP contribution in [0.2, 0.25) is 0 Å². The van der Waals surface area contributed by atoms with Crippen molar-refractivity contribution in [2.75, 3.05) is 5.73 Å². The summed E-state index contributed by atoms with van der Waals surface area (Å²) >= 11 is 3.22. The summed E-state index contributed by atoms with van der Waals surface area (Å²) < 4.78 is 0.699. The van der Waals surface area contributed by atoms with Crippen LogP contribution >= 0.6 is 15.9 Å². The fourth-order valence-electron chi connectivity index (χ4n) is 0.767. The number of nitriles is 1.